The van der Waals surface area contributed by atoms with Crippen molar-refractivity contribution in [2.75, 3.05) is 18.4 Å². The maximum Gasteiger partial charge on any atom is 0.466 e. The SMILES string of the molecule is Brc1c(NC2=NCCN2)ccc2nccnc12.O=P(O)(O)O. The number of fused-ring (bicyclic) bond motifs is 1. The number of halogens is 1. The van der Waals surface area contributed by atoms with E-state index in [9.17, 15) is 0 Å². The Labute approximate surface area is 133 Å². The van der Waals surface area contributed by atoms with Gasteiger partial charge in [-0.1, -0.05) is 0 Å². The van der Waals surface area contributed by atoms with Crippen LogP contribution in [0.4, 0.5) is 5.69 Å². The van der Waals surface area contributed by atoms with E-state index < -0.39 is 7.82 Å². The lowest BCUT2D eigenvalue weighted by atomic mass is 10.2. The molecule has 0 atom stereocenters. The molecule has 1 aliphatic heterocycles. The van der Waals surface area contributed by atoms with Crippen LogP contribution in [0.3, 0.4) is 0 Å². The summed E-state index contributed by atoms with van der Waals surface area (Å²) in [7, 11) is -4.64. The molecule has 0 saturated carbocycles. The van der Waals surface area contributed by atoms with E-state index in [1.807, 2.05) is 12.1 Å². The summed E-state index contributed by atoms with van der Waals surface area (Å²) in [5.41, 5.74) is 2.65. The van der Waals surface area contributed by atoms with Crippen molar-refractivity contribution in [3.8, 4) is 0 Å². The van der Waals surface area contributed by atoms with E-state index in [4.69, 9.17) is 19.2 Å². The summed E-state index contributed by atoms with van der Waals surface area (Å²) in [4.78, 5) is 34.4. The van der Waals surface area contributed by atoms with Crippen LogP contribution in [0.15, 0.2) is 34.0 Å². The Morgan fingerprint density at radius 3 is 2.55 bits per heavy atom. The highest BCUT2D eigenvalue weighted by Crippen LogP contribution is 2.29. The number of aromatic nitrogens is 2. The molecule has 0 saturated heterocycles. The van der Waals surface area contributed by atoms with Crippen molar-refractivity contribution < 1.29 is 19.2 Å². The van der Waals surface area contributed by atoms with Gasteiger partial charge in [-0.3, -0.25) is 15.0 Å². The summed E-state index contributed by atoms with van der Waals surface area (Å²) >= 11 is 3.54. The molecule has 22 heavy (non-hydrogen) atoms. The molecule has 118 valence electrons. The van der Waals surface area contributed by atoms with Crippen LogP contribution < -0.4 is 10.6 Å². The molecule has 2 aromatic rings. The average Bonchev–Trinajstić information content (AvgIpc) is 2.93. The van der Waals surface area contributed by atoms with Crippen LogP contribution >= 0.6 is 23.8 Å². The van der Waals surface area contributed by atoms with Gasteiger partial charge in [0.25, 0.3) is 0 Å². The van der Waals surface area contributed by atoms with Gasteiger partial charge in [0.05, 0.1) is 22.2 Å². The van der Waals surface area contributed by atoms with Gasteiger partial charge >= 0.3 is 7.82 Å². The molecule has 9 nitrogen and oxygen atoms in total. The lowest BCUT2D eigenvalue weighted by Gasteiger charge is -2.09. The fourth-order valence-corrected chi connectivity index (χ4v) is 2.25. The van der Waals surface area contributed by atoms with Gasteiger partial charge in [0, 0.05) is 18.9 Å². The molecular weight excluding hydrogens is 377 g/mol. The lowest BCUT2D eigenvalue weighted by Crippen LogP contribution is -2.26. The maximum atomic E-state index is 8.88. The number of anilines is 1. The van der Waals surface area contributed by atoms with Crippen LogP contribution in [0, 0.1) is 0 Å². The van der Waals surface area contributed by atoms with E-state index in [2.05, 4.69) is 41.5 Å². The predicted octanol–water partition coefficient (Wildman–Crippen LogP) is 0.835. The van der Waals surface area contributed by atoms with E-state index in [0.717, 1.165) is 40.2 Å². The summed E-state index contributed by atoms with van der Waals surface area (Å²) < 4.78 is 9.78. The van der Waals surface area contributed by atoms with Crippen LogP contribution in [0.2, 0.25) is 0 Å². The van der Waals surface area contributed by atoms with Crippen molar-refractivity contribution in [3.63, 3.8) is 0 Å². The Balaban J connectivity index is 0.000000309. The second-order valence-corrected chi connectivity index (χ2v) is 5.97. The fourth-order valence-electron chi connectivity index (χ4n) is 1.71. The summed E-state index contributed by atoms with van der Waals surface area (Å²) in [5.74, 6) is 0.800. The highest BCUT2D eigenvalue weighted by atomic mass is 79.9. The first-order chi connectivity index (χ1) is 10.3. The first-order valence-electron chi connectivity index (χ1n) is 6.07. The topological polar surface area (TPSA) is 140 Å². The van der Waals surface area contributed by atoms with Gasteiger partial charge in [0.15, 0.2) is 5.96 Å². The summed E-state index contributed by atoms with van der Waals surface area (Å²) in [6.45, 7) is 1.70. The maximum absolute atomic E-state index is 8.88. The van der Waals surface area contributed by atoms with Crippen LogP contribution in [0.5, 0.6) is 0 Å². The fraction of sp³-hybridized carbons (Fsp3) is 0.182. The second kappa shape index (κ2) is 7.12. The molecule has 0 bridgehead atoms. The number of hydrogen-bond acceptors (Lipinski definition) is 6. The first-order valence-corrected chi connectivity index (χ1v) is 8.43. The quantitative estimate of drug-likeness (QED) is 0.452. The van der Waals surface area contributed by atoms with Gasteiger partial charge in [0.2, 0.25) is 0 Å². The smallest absolute Gasteiger partial charge is 0.354 e. The Morgan fingerprint density at radius 1 is 1.23 bits per heavy atom. The van der Waals surface area contributed by atoms with Crippen LogP contribution in [0.25, 0.3) is 11.0 Å². The number of rotatable bonds is 1. The molecule has 1 aromatic carbocycles. The largest absolute Gasteiger partial charge is 0.466 e. The minimum atomic E-state index is -4.64. The van der Waals surface area contributed by atoms with Crippen LogP contribution in [-0.4, -0.2) is 43.7 Å². The zero-order chi connectivity index (χ0) is 16.2. The van der Waals surface area contributed by atoms with E-state index in [0.29, 0.717) is 0 Å². The van der Waals surface area contributed by atoms with Gasteiger partial charge in [-0.2, -0.15) is 0 Å². The first kappa shape index (κ1) is 16.8. The minimum absolute atomic E-state index is 0.800. The molecule has 1 aromatic heterocycles. The Kier molecular flexibility index (Phi) is 5.43. The van der Waals surface area contributed by atoms with E-state index >= 15 is 0 Å². The highest BCUT2D eigenvalue weighted by Gasteiger charge is 2.10. The molecule has 0 amide bonds. The molecule has 1 aliphatic rings. The molecule has 3 rings (SSSR count). The van der Waals surface area contributed by atoms with E-state index in [1.165, 1.54) is 0 Å². The Hall–Kier alpha value is -1.58. The van der Waals surface area contributed by atoms with Crippen molar-refractivity contribution in [3.05, 3.63) is 29.0 Å². The number of benzene rings is 1. The molecular formula is C11H13BrN5O4P. The van der Waals surface area contributed by atoms with Gasteiger partial charge < -0.3 is 25.3 Å². The van der Waals surface area contributed by atoms with Crippen molar-refractivity contribution in [2.45, 2.75) is 0 Å². The molecule has 0 fully saturated rings. The number of hydrogen-bond donors (Lipinski definition) is 5. The summed E-state index contributed by atoms with van der Waals surface area (Å²) in [6, 6.07) is 3.90. The van der Waals surface area contributed by atoms with E-state index in [-0.39, 0.29) is 0 Å². The molecule has 0 radical (unpaired) electrons. The van der Waals surface area contributed by atoms with Gasteiger partial charge in [-0.25, -0.2) is 4.57 Å². The van der Waals surface area contributed by atoms with Crippen molar-refractivity contribution in [1.29, 1.82) is 0 Å². The van der Waals surface area contributed by atoms with Gasteiger partial charge in [-0.05, 0) is 28.1 Å². The molecule has 11 heteroatoms. The van der Waals surface area contributed by atoms with Crippen LogP contribution in [0.1, 0.15) is 0 Å². The number of nitrogens with zero attached hydrogens (tertiary/aromatic N) is 3. The number of nitrogens with one attached hydrogen (secondary N) is 2. The van der Waals surface area contributed by atoms with Crippen molar-refractivity contribution in [2.24, 2.45) is 4.99 Å². The third-order valence-corrected chi connectivity index (χ3v) is 3.31. The monoisotopic (exact) mass is 389 g/mol. The Bertz CT molecular complexity index is 742. The molecule has 2 heterocycles. The minimum Gasteiger partial charge on any atom is -0.354 e. The zero-order valence-electron chi connectivity index (χ0n) is 11.1. The van der Waals surface area contributed by atoms with Gasteiger partial charge in [-0.15, -0.1) is 0 Å². The molecule has 5 N–H and O–H groups in total. The molecule has 0 spiro atoms. The van der Waals surface area contributed by atoms with Crippen molar-refractivity contribution in [1.82, 2.24) is 15.3 Å². The normalized spacial score (nSPS) is 13.9. The van der Waals surface area contributed by atoms with Gasteiger partial charge in [0.1, 0.15) is 5.52 Å². The lowest BCUT2D eigenvalue weighted by molar-refractivity contribution is 0.275. The average molecular weight is 390 g/mol. The second-order valence-electron chi connectivity index (χ2n) is 4.15. The number of phosphoric acid groups is 1. The molecule has 0 unspecified atom stereocenters. The third kappa shape index (κ3) is 5.00. The van der Waals surface area contributed by atoms with Crippen molar-refractivity contribution >= 4 is 46.4 Å². The zero-order valence-corrected chi connectivity index (χ0v) is 13.6. The Morgan fingerprint density at radius 2 is 1.91 bits per heavy atom. The summed E-state index contributed by atoms with van der Waals surface area (Å²) in [5, 5.41) is 6.39. The van der Waals surface area contributed by atoms with E-state index in [1.54, 1.807) is 12.4 Å². The standard InChI is InChI=1S/C11H10BrN5.H3O4P/c12-9-7(17-11-15-5-6-16-11)1-2-8-10(9)14-4-3-13-8;1-5(2,3)4/h1-4H,5-6H2,(H2,15,16,17);(H3,1,2,3,4). The summed E-state index contributed by atoms with van der Waals surface area (Å²) in [6.07, 6.45) is 3.37. The highest BCUT2D eigenvalue weighted by molar-refractivity contribution is 9.10. The molecule has 0 aliphatic carbocycles. The third-order valence-electron chi connectivity index (χ3n) is 2.51. The predicted molar refractivity (Wildman–Crippen MR) is 85.4 cm³/mol. The number of guanidine groups is 1. The van der Waals surface area contributed by atoms with Crippen LogP contribution in [-0.2, 0) is 4.57 Å². The number of aliphatic imine (C=N–C) groups is 1.